The van der Waals surface area contributed by atoms with Crippen LogP contribution >= 0.6 is 38.0 Å². The molecule has 0 aliphatic carbocycles. The molecule has 0 aliphatic heterocycles. The summed E-state index contributed by atoms with van der Waals surface area (Å²) in [5.41, 5.74) is 0. The van der Waals surface area contributed by atoms with Crippen LogP contribution in [-0.2, 0) is 0 Å². The monoisotopic (exact) mass is 207 g/mol. The number of halogens is 4. The van der Waals surface area contributed by atoms with Gasteiger partial charge in [-0.1, -0.05) is 0 Å². The normalized spacial score (nSPS) is 18.4. The molecule has 0 aromatic carbocycles. The molecular weight excluding hydrogens is 208 g/mol. The Morgan fingerprint density at radius 1 is 1.11 bits per heavy atom. The summed E-state index contributed by atoms with van der Waals surface area (Å²) in [5.74, 6) is 1.50. The number of hydrogen-bond acceptors (Lipinski definition) is 2. The van der Waals surface area contributed by atoms with E-state index in [1.54, 1.807) is 0 Å². The van der Waals surface area contributed by atoms with Gasteiger partial charge in [-0.25, -0.2) is 0 Å². The van der Waals surface area contributed by atoms with Crippen molar-refractivity contribution in [2.24, 2.45) is 0 Å². The van der Waals surface area contributed by atoms with Gasteiger partial charge in [0.2, 0.25) is 0 Å². The van der Waals surface area contributed by atoms with Crippen LogP contribution in [0.3, 0.4) is 0 Å². The molecule has 0 bridgehead atoms. The Kier molecular flexibility index (Phi) is 1.47. The van der Waals surface area contributed by atoms with E-state index in [0.29, 0.717) is 0 Å². The Bertz CT molecular complexity index is 206. The van der Waals surface area contributed by atoms with Crippen LogP contribution in [0, 0.1) is 22.1 Å². The molecule has 0 atom stereocenters. The summed E-state index contributed by atoms with van der Waals surface area (Å²) in [5, 5.41) is 15.9. The van der Waals surface area contributed by atoms with Crippen molar-refractivity contribution in [1.29, 1.82) is 10.5 Å². The molecule has 0 spiro atoms. The summed E-state index contributed by atoms with van der Waals surface area (Å²) >= 11 is 14.1. The quantitative estimate of drug-likeness (QED) is 0.573. The van der Waals surface area contributed by atoms with Gasteiger partial charge in [0.05, 0.1) is 0 Å². The number of nitrogens with zero attached hydrogens (tertiary/aromatic N) is 2. The van der Waals surface area contributed by atoms with Crippen LogP contribution in [0.4, 0.5) is 4.20 Å². The Labute approximate surface area is 64.7 Å². The minimum absolute atomic E-state index is 0.749. The van der Waals surface area contributed by atoms with Crippen LogP contribution in [0.5, 0.6) is 0 Å². The Morgan fingerprint density at radius 3 is 1.33 bits per heavy atom. The molecule has 9 heavy (non-hydrogen) atoms. The van der Waals surface area contributed by atoms with Crippen LogP contribution in [-0.4, -0.2) is 0 Å². The van der Waals surface area contributed by atoms with Gasteiger partial charge in [-0.05, 0) is 0 Å². The van der Waals surface area contributed by atoms with E-state index in [-0.39, 0.29) is 0 Å². The third-order valence-corrected chi connectivity index (χ3v) is 2.57. The third-order valence-electron chi connectivity index (χ3n) is 0.402. The summed E-state index contributed by atoms with van der Waals surface area (Å²) in [6.07, 6.45) is 0. The van der Waals surface area contributed by atoms with Gasteiger partial charge in [-0.15, -0.1) is 0 Å². The van der Waals surface area contributed by atoms with E-state index >= 15 is 0 Å². The van der Waals surface area contributed by atoms with Gasteiger partial charge >= 0.3 is 64.4 Å². The Balaban J connectivity index is 5.30. The minimum atomic E-state index is -6.20. The van der Waals surface area contributed by atoms with Crippen molar-refractivity contribution < 1.29 is 4.20 Å². The van der Waals surface area contributed by atoms with Gasteiger partial charge in [-0.3, -0.25) is 0 Å². The first kappa shape index (κ1) is 9.21. The van der Waals surface area contributed by atoms with E-state index < -0.39 is 4.31 Å². The molecule has 7 heteroatoms. The first-order valence-corrected chi connectivity index (χ1v) is 6.86. The molecule has 0 aliphatic rings. The van der Waals surface area contributed by atoms with Crippen molar-refractivity contribution in [2.45, 2.75) is 0 Å². The van der Waals surface area contributed by atoms with E-state index in [4.69, 9.17) is 44.2 Å². The molecule has 0 unspecified atom stereocenters. The molecule has 0 saturated carbocycles. The van der Waals surface area contributed by atoms with Gasteiger partial charge < -0.3 is 0 Å². The first-order valence-electron chi connectivity index (χ1n) is 1.57. The van der Waals surface area contributed by atoms with Crippen molar-refractivity contribution in [3.05, 3.63) is 0 Å². The zero-order valence-corrected chi connectivity index (χ0v) is 7.02. The summed E-state index contributed by atoms with van der Waals surface area (Å²) in [6.45, 7) is 0. The van der Waals surface area contributed by atoms with E-state index in [1.165, 1.54) is 0 Å². The first-order chi connectivity index (χ1) is 3.62. The Hall–Kier alpha value is 0.210. The third kappa shape index (κ3) is 3.04. The average molecular weight is 208 g/mol. The molecule has 2 nitrogen and oxygen atoms in total. The summed E-state index contributed by atoms with van der Waals surface area (Å²) in [7, 11) is 0. The summed E-state index contributed by atoms with van der Waals surface area (Å²) in [6, 6.07) is 0. The molecule has 0 rings (SSSR count). The SMILES string of the molecule is N#C[P-](F)(Cl)(Cl)(Cl)C#N. The molecule has 0 aromatic heterocycles. The van der Waals surface area contributed by atoms with Crippen LogP contribution in [0.25, 0.3) is 0 Å². The Morgan fingerprint density at radius 2 is 1.33 bits per heavy atom. The molecule has 0 radical (unpaired) electrons. The van der Waals surface area contributed by atoms with E-state index in [1.807, 2.05) is 0 Å². The predicted molar refractivity (Wildman–Crippen MR) is 36.8 cm³/mol. The van der Waals surface area contributed by atoms with Crippen LogP contribution in [0.15, 0.2) is 0 Å². The van der Waals surface area contributed by atoms with Gasteiger partial charge in [0, 0.05) is 0 Å². The molecule has 0 N–H and O–H groups in total. The second kappa shape index (κ2) is 1.44. The van der Waals surface area contributed by atoms with Crippen LogP contribution < -0.4 is 0 Å². The molecule has 0 heterocycles. The zero-order valence-electron chi connectivity index (χ0n) is 3.85. The standard InChI is InChI=1S/C2Cl3FN2P/c3-9(4,5,6,1-7)2-8/q-1. The van der Waals surface area contributed by atoms with Gasteiger partial charge in [-0.2, -0.15) is 0 Å². The average Bonchev–Trinajstić information content (AvgIpc) is 1.67. The molecular formula is C2Cl3FN2P-. The predicted octanol–water partition coefficient (Wildman–Crippen LogP) is 3.38. The summed E-state index contributed by atoms with van der Waals surface area (Å²) in [4.78, 5) is 0. The van der Waals surface area contributed by atoms with Crippen LogP contribution in [0.2, 0.25) is 0 Å². The number of nitriles is 2. The molecule has 0 aromatic rings. The maximum absolute atomic E-state index is 12.6. The van der Waals surface area contributed by atoms with E-state index in [0.717, 1.165) is 11.6 Å². The fourth-order valence-corrected chi connectivity index (χ4v) is 0.0671. The fourth-order valence-electron chi connectivity index (χ4n) is 0.0224. The second-order valence-electron chi connectivity index (χ2n) is 1.37. The van der Waals surface area contributed by atoms with Gasteiger partial charge in [0.1, 0.15) is 0 Å². The molecule has 52 valence electrons. The van der Waals surface area contributed by atoms with Crippen molar-refractivity contribution in [3.8, 4) is 11.6 Å². The molecule has 0 fully saturated rings. The molecule has 0 amide bonds. The van der Waals surface area contributed by atoms with Gasteiger partial charge in [0.25, 0.3) is 0 Å². The van der Waals surface area contributed by atoms with Gasteiger partial charge in [0.15, 0.2) is 0 Å². The number of hydrogen-bond donors (Lipinski definition) is 0. The fraction of sp³-hybridized carbons (Fsp3) is 0. The van der Waals surface area contributed by atoms with Crippen molar-refractivity contribution in [3.63, 3.8) is 0 Å². The van der Waals surface area contributed by atoms with Crippen molar-refractivity contribution in [2.75, 3.05) is 0 Å². The topological polar surface area (TPSA) is 47.6 Å². The second-order valence-corrected chi connectivity index (χ2v) is 12.9. The van der Waals surface area contributed by atoms with Crippen molar-refractivity contribution in [1.82, 2.24) is 0 Å². The van der Waals surface area contributed by atoms with E-state index in [9.17, 15) is 4.20 Å². The van der Waals surface area contributed by atoms with Crippen LogP contribution in [0.1, 0.15) is 0 Å². The maximum atomic E-state index is 12.6. The number of rotatable bonds is 0. The van der Waals surface area contributed by atoms with E-state index in [2.05, 4.69) is 0 Å². The van der Waals surface area contributed by atoms with Crippen molar-refractivity contribution >= 4 is 38.0 Å². The summed E-state index contributed by atoms with van der Waals surface area (Å²) < 4.78 is 6.43. The zero-order chi connectivity index (χ0) is 7.82. The molecule has 0 saturated heterocycles.